The van der Waals surface area contributed by atoms with Gasteiger partial charge in [0.1, 0.15) is 5.69 Å². The highest BCUT2D eigenvalue weighted by Gasteiger charge is 2.47. The van der Waals surface area contributed by atoms with Crippen LogP contribution in [0.2, 0.25) is 0 Å². The smallest absolute Gasteiger partial charge is 0.274 e. The minimum absolute atomic E-state index is 0.0597. The summed E-state index contributed by atoms with van der Waals surface area (Å²) in [4.78, 5) is 23.9. The van der Waals surface area contributed by atoms with Crippen molar-refractivity contribution in [2.24, 2.45) is 0 Å². The summed E-state index contributed by atoms with van der Waals surface area (Å²) in [5.41, 5.74) is 0.320. The van der Waals surface area contributed by atoms with E-state index in [1.54, 1.807) is 4.90 Å². The van der Waals surface area contributed by atoms with Gasteiger partial charge in [-0.05, 0) is 12.8 Å². The van der Waals surface area contributed by atoms with Crippen LogP contribution in [0.5, 0.6) is 0 Å². The number of aromatic nitrogens is 2. The maximum Gasteiger partial charge on any atom is 0.274 e. The van der Waals surface area contributed by atoms with E-state index < -0.39 is 5.92 Å². The van der Waals surface area contributed by atoms with Gasteiger partial charge in [-0.25, -0.2) is 13.8 Å². The molecule has 3 heterocycles. The first-order valence-electron chi connectivity index (χ1n) is 8.18. The highest BCUT2D eigenvalue weighted by molar-refractivity contribution is 5.92. The summed E-state index contributed by atoms with van der Waals surface area (Å²) in [5.74, 6) is -2.81. The summed E-state index contributed by atoms with van der Waals surface area (Å²) in [6, 6.07) is -0.193. The molecule has 0 unspecified atom stereocenters. The number of methoxy groups -OCH3 is 1. The summed E-state index contributed by atoms with van der Waals surface area (Å²) in [5, 5.41) is 0. The fourth-order valence-electron chi connectivity index (χ4n) is 3.67. The maximum absolute atomic E-state index is 13.8. The van der Waals surface area contributed by atoms with E-state index in [2.05, 4.69) is 9.97 Å². The zero-order valence-electron chi connectivity index (χ0n) is 13.7. The predicted octanol–water partition coefficient (Wildman–Crippen LogP) is 1.44. The third-order valence-electron chi connectivity index (χ3n) is 4.78. The molecule has 0 saturated carbocycles. The average Bonchev–Trinajstić information content (AvgIpc) is 2.90. The number of alkyl halides is 2. The Hall–Kier alpha value is -1.67. The van der Waals surface area contributed by atoms with E-state index in [9.17, 15) is 13.6 Å². The molecule has 1 atom stereocenters. The fraction of sp³-hybridized carbons (Fsp3) is 0.688. The molecule has 0 spiro atoms. The summed E-state index contributed by atoms with van der Waals surface area (Å²) >= 11 is 0. The second-order valence-electron chi connectivity index (χ2n) is 6.46. The molecular formula is C16H22F2N4O2. The van der Waals surface area contributed by atoms with Gasteiger partial charge in [-0.15, -0.1) is 0 Å². The van der Waals surface area contributed by atoms with Crippen LogP contribution in [0.15, 0.2) is 18.6 Å². The molecule has 1 amide bonds. The van der Waals surface area contributed by atoms with Crippen LogP contribution >= 0.6 is 0 Å². The first kappa shape index (κ1) is 17.2. The lowest BCUT2D eigenvalue weighted by Crippen LogP contribution is -2.49. The molecule has 2 aliphatic rings. The molecule has 132 valence electrons. The van der Waals surface area contributed by atoms with Crippen LogP contribution in [-0.4, -0.2) is 77.0 Å². The highest BCUT2D eigenvalue weighted by Crippen LogP contribution is 2.35. The van der Waals surface area contributed by atoms with Crippen molar-refractivity contribution in [1.82, 2.24) is 19.8 Å². The lowest BCUT2D eigenvalue weighted by Gasteiger charge is -2.38. The number of hydrogen-bond acceptors (Lipinski definition) is 5. The van der Waals surface area contributed by atoms with Crippen molar-refractivity contribution < 1.29 is 18.3 Å². The van der Waals surface area contributed by atoms with Crippen LogP contribution in [0.1, 0.15) is 29.8 Å². The van der Waals surface area contributed by atoms with E-state index in [0.29, 0.717) is 38.2 Å². The van der Waals surface area contributed by atoms with Gasteiger partial charge < -0.3 is 9.64 Å². The van der Waals surface area contributed by atoms with Gasteiger partial charge in [0.2, 0.25) is 0 Å². The SMILES string of the molecule is COC[C@@H]1CC(F)(F)CN1C1CCN(C(=O)c2cnccn2)CC1. The quantitative estimate of drug-likeness (QED) is 0.830. The second-order valence-corrected chi connectivity index (χ2v) is 6.46. The number of carbonyl (C=O) groups is 1. The van der Waals surface area contributed by atoms with Crippen LogP contribution in [0, 0.1) is 0 Å². The summed E-state index contributed by atoms with van der Waals surface area (Å²) < 4.78 is 32.6. The van der Waals surface area contributed by atoms with Gasteiger partial charge in [0.25, 0.3) is 11.8 Å². The third kappa shape index (κ3) is 3.70. The molecule has 2 aliphatic heterocycles. The number of nitrogens with zero attached hydrogens (tertiary/aromatic N) is 4. The lowest BCUT2D eigenvalue weighted by atomic mass is 10.0. The zero-order chi connectivity index (χ0) is 17.2. The molecule has 0 aromatic carbocycles. The van der Waals surface area contributed by atoms with Crippen molar-refractivity contribution in [2.75, 3.05) is 33.4 Å². The standard InChI is InChI=1S/C16H22F2N4O2/c1-24-10-13-8-16(17,18)11-22(13)12-2-6-21(7-3-12)15(23)14-9-19-4-5-20-14/h4-5,9,12-13H,2-3,6-8,10-11H2,1H3/t13-/m0/s1. The van der Waals surface area contributed by atoms with E-state index >= 15 is 0 Å². The molecule has 6 nitrogen and oxygen atoms in total. The molecule has 0 N–H and O–H groups in total. The minimum atomic E-state index is -2.66. The van der Waals surface area contributed by atoms with Gasteiger partial charge in [0, 0.05) is 51.1 Å². The second kappa shape index (κ2) is 7.06. The Kier molecular flexibility index (Phi) is 5.05. The number of piperidine rings is 1. The molecule has 3 rings (SSSR count). The Bertz CT molecular complexity index is 564. The van der Waals surface area contributed by atoms with Gasteiger partial charge in [-0.2, -0.15) is 0 Å². The maximum atomic E-state index is 13.8. The fourth-order valence-corrected chi connectivity index (χ4v) is 3.67. The van der Waals surface area contributed by atoms with Crippen molar-refractivity contribution in [3.8, 4) is 0 Å². The van der Waals surface area contributed by atoms with Gasteiger partial charge >= 0.3 is 0 Å². The van der Waals surface area contributed by atoms with Crippen molar-refractivity contribution in [2.45, 2.75) is 37.3 Å². The summed E-state index contributed by atoms with van der Waals surface area (Å²) in [6.45, 7) is 1.18. The highest BCUT2D eigenvalue weighted by atomic mass is 19.3. The Balaban J connectivity index is 1.59. The molecule has 8 heteroatoms. The van der Waals surface area contributed by atoms with Crippen LogP contribution < -0.4 is 0 Å². The molecule has 1 aromatic heterocycles. The lowest BCUT2D eigenvalue weighted by molar-refractivity contribution is 0.00282. The van der Waals surface area contributed by atoms with Gasteiger partial charge in [0.15, 0.2) is 0 Å². The normalized spacial score (nSPS) is 25.1. The van der Waals surface area contributed by atoms with Crippen LogP contribution in [0.3, 0.4) is 0 Å². The average molecular weight is 340 g/mol. The van der Waals surface area contributed by atoms with E-state index in [0.717, 1.165) is 0 Å². The van der Waals surface area contributed by atoms with Crippen molar-refractivity contribution in [1.29, 1.82) is 0 Å². The number of amides is 1. The van der Waals surface area contributed by atoms with Crippen LogP contribution in [0.4, 0.5) is 8.78 Å². The number of hydrogen-bond donors (Lipinski definition) is 0. The minimum Gasteiger partial charge on any atom is -0.383 e. The van der Waals surface area contributed by atoms with Crippen LogP contribution in [0.25, 0.3) is 0 Å². The Morgan fingerprint density at radius 1 is 1.38 bits per heavy atom. The topological polar surface area (TPSA) is 58.6 Å². The molecule has 0 radical (unpaired) electrons. The number of rotatable bonds is 4. The molecule has 2 saturated heterocycles. The van der Waals surface area contributed by atoms with E-state index in [-0.39, 0.29) is 31.0 Å². The Labute approximate surface area is 139 Å². The number of carbonyl (C=O) groups excluding carboxylic acids is 1. The van der Waals surface area contributed by atoms with E-state index in [4.69, 9.17) is 4.74 Å². The Morgan fingerprint density at radius 3 is 2.75 bits per heavy atom. The third-order valence-corrected chi connectivity index (χ3v) is 4.78. The summed E-state index contributed by atoms with van der Waals surface area (Å²) in [6.07, 6.45) is 5.67. The van der Waals surface area contributed by atoms with Crippen molar-refractivity contribution in [3.63, 3.8) is 0 Å². The molecule has 0 aliphatic carbocycles. The molecule has 0 bridgehead atoms. The molecule has 2 fully saturated rings. The zero-order valence-corrected chi connectivity index (χ0v) is 13.7. The van der Waals surface area contributed by atoms with Gasteiger partial charge in [-0.1, -0.05) is 0 Å². The summed E-state index contributed by atoms with van der Waals surface area (Å²) in [7, 11) is 1.54. The van der Waals surface area contributed by atoms with Crippen molar-refractivity contribution in [3.05, 3.63) is 24.3 Å². The van der Waals surface area contributed by atoms with Gasteiger partial charge in [0.05, 0.1) is 19.3 Å². The predicted molar refractivity (Wildman–Crippen MR) is 82.9 cm³/mol. The van der Waals surface area contributed by atoms with Crippen molar-refractivity contribution >= 4 is 5.91 Å². The van der Waals surface area contributed by atoms with Crippen LogP contribution in [-0.2, 0) is 4.74 Å². The van der Waals surface area contributed by atoms with Gasteiger partial charge in [-0.3, -0.25) is 14.7 Å². The number of likely N-dealkylation sites (tertiary alicyclic amines) is 2. The molecule has 1 aromatic rings. The van der Waals surface area contributed by atoms with E-state index in [1.165, 1.54) is 25.7 Å². The first-order valence-corrected chi connectivity index (χ1v) is 8.18. The molecular weight excluding hydrogens is 318 g/mol. The van der Waals surface area contributed by atoms with E-state index in [1.807, 2.05) is 4.90 Å². The largest absolute Gasteiger partial charge is 0.383 e. The number of ether oxygens (including phenoxy) is 1. The molecule has 24 heavy (non-hydrogen) atoms. The Morgan fingerprint density at radius 2 is 2.12 bits per heavy atom. The first-order chi connectivity index (χ1) is 11.5. The number of halogens is 2. The monoisotopic (exact) mass is 340 g/mol.